The molecule has 0 saturated heterocycles. The van der Waals surface area contributed by atoms with E-state index in [1.165, 1.54) is 30.6 Å². The van der Waals surface area contributed by atoms with Gasteiger partial charge in [-0.3, -0.25) is 4.79 Å². The minimum Gasteiger partial charge on any atom is -0.349 e. The van der Waals surface area contributed by atoms with Gasteiger partial charge in [-0.05, 0) is 64.9 Å². The van der Waals surface area contributed by atoms with E-state index in [1.807, 2.05) is 6.07 Å². The fourth-order valence-corrected chi connectivity index (χ4v) is 4.73. The standard InChI is InChI=1S/C14H20Br2N2OS/c1-18(2)14(6-4-3-5-7-14)9-17-13(19)11-8-10(15)12(16)20-11/h8H,3-7,9H2,1-2H3,(H,17,19). The smallest absolute Gasteiger partial charge is 0.261 e. The van der Waals surface area contributed by atoms with E-state index < -0.39 is 0 Å². The number of carbonyl (C=O) groups is 1. The summed E-state index contributed by atoms with van der Waals surface area (Å²) in [6.45, 7) is 0.728. The molecule has 1 aliphatic carbocycles. The molecule has 6 heteroatoms. The van der Waals surface area contributed by atoms with E-state index in [0.717, 1.165) is 32.5 Å². The van der Waals surface area contributed by atoms with Crippen LogP contribution in [-0.4, -0.2) is 37.0 Å². The van der Waals surface area contributed by atoms with E-state index in [1.54, 1.807) is 0 Å². The second-order valence-electron chi connectivity index (χ2n) is 5.59. The Bertz CT molecular complexity index is 462. The molecule has 0 bridgehead atoms. The van der Waals surface area contributed by atoms with Crippen molar-refractivity contribution < 1.29 is 4.79 Å². The highest BCUT2D eigenvalue weighted by Crippen LogP contribution is 2.33. The summed E-state index contributed by atoms with van der Waals surface area (Å²) in [5.41, 5.74) is 0.125. The lowest BCUT2D eigenvalue weighted by Gasteiger charge is -2.43. The van der Waals surface area contributed by atoms with Crippen LogP contribution in [-0.2, 0) is 0 Å². The number of hydrogen-bond donors (Lipinski definition) is 1. The van der Waals surface area contributed by atoms with Crippen molar-refractivity contribution in [2.24, 2.45) is 0 Å². The second-order valence-corrected chi connectivity index (χ2v) is 8.82. The monoisotopic (exact) mass is 422 g/mol. The maximum Gasteiger partial charge on any atom is 0.261 e. The number of thiophene rings is 1. The molecule has 0 unspecified atom stereocenters. The SMILES string of the molecule is CN(C)C1(CNC(=O)c2cc(Br)c(Br)s2)CCCCC1. The number of rotatable bonds is 4. The number of amides is 1. The maximum atomic E-state index is 12.3. The first kappa shape index (κ1) is 16.5. The molecule has 0 aliphatic heterocycles. The Morgan fingerprint density at radius 1 is 1.35 bits per heavy atom. The summed E-state index contributed by atoms with van der Waals surface area (Å²) in [4.78, 5) is 15.3. The summed E-state index contributed by atoms with van der Waals surface area (Å²) in [6, 6.07) is 1.87. The Labute approximate surface area is 141 Å². The summed E-state index contributed by atoms with van der Waals surface area (Å²) in [6.07, 6.45) is 6.15. The summed E-state index contributed by atoms with van der Waals surface area (Å²) in [5.74, 6) is 0.0215. The summed E-state index contributed by atoms with van der Waals surface area (Å²) >= 11 is 8.31. The Morgan fingerprint density at radius 2 is 2.00 bits per heavy atom. The predicted molar refractivity (Wildman–Crippen MR) is 91.6 cm³/mol. The zero-order valence-electron chi connectivity index (χ0n) is 11.8. The zero-order valence-corrected chi connectivity index (χ0v) is 15.8. The highest BCUT2D eigenvalue weighted by atomic mass is 79.9. The van der Waals surface area contributed by atoms with Crippen LogP contribution in [0.1, 0.15) is 41.8 Å². The molecule has 3 nitrogen and oxygen atoms in total. The molecular formula is C14H20Br2N2OS. The van der Waals surface area contributed by atoms with Gasteiger partial charge in [0.15, 0.2) is 0 Å². The number of nitrogens with one attached hydrogen (secondary N) is 1. The van der Waals surface area contributed by atoms with Crippen molar-refractivity contribution in [2.75, 3.05) is 20.6 Å². The number of halogens is 2. The van der Waals surface area contributed by atoms with Crippen molar-refractivity contribution >= 4 is 49.1 Å². The topological polar surface area (TPSA) is 32.3 Å². The summed E-state index contributed by atoms with van der Waals surface area (Å²) in [5, 5.41) is 3.12. The van der Waals surface area contributed by atoms with Crippen LogP contribution in [0, 0.1) is 0 Å². The molecule has 0 spiro atoms. The van der Waals surface area contributed by atoms with E-state index in [2.05, 4.69) is 56.2 Å². The van der Waals surface area contributed by atoms with Crippen LogP contribution in [0.5, 0.6) is 0 Å². The Morgan fingerprint density at radius 3 is 2.50 bits per heavy atom. The van der Waals surface area contributed by atoms with E-state index in [4.69, 9.17) is 0 Å². The van der Waals surface area contributed by atoms with Crippen molar-refractivity contribution in [1.82, 2.24) is 10.2 Å². The van der Waals surface area contributed by atoms with Gasteiger partial charge in [0.25, 0.3) is 5.91 Å². The molecule has 1 aromatic heterocycles. The fourth-order valence-electron chi connectivity index (χ4n) is 2.78. The normalized spacial score (nSPS) is 18.2. The van der Waals surface area contributed by atoms with Gasteiger partial charge >= 0.3 is 0 Å². The average Bonchev–Trinajstić information content (AvgIpc) is 2.77. The summed E-state index contributed by atoms with van der Waals surface area (Å²) in [7, 11) is 4.24. The van der Waals surface area contributed by atoms with Crippen molar-refractivity contribution in [1.29, 1.82) is 0 Å². The minimum absolute atomic E-state index is 0.0215. The number of carbonyl (C=O) groups excluding carboxylic acids is 1. The van der Waals surface area contributed by atoms with Gasteiger partial charge in [0, 0.05) is 16.6 Å². The van der Waals surface area contributed by atoms with Gasteiger partial charge in [0.2, 0.25) is 0 Å². The van der Waals surface area contributed by atoms with Gasteiger partial charge in [0.1, 0.15) is 0 Å². The first-order chi connectivity index (χ1) is 9.44. The van der Waals surface area contributed by atoms with E-state index in [9.17, 15) is 4.79 Å². The quantitative estimate of drug-likeness (QED) is 0.784. The largest absolute Gasteiger partial charge is 0.349 e. The lowest BCUT2D eigenvalue weighted by Crippen LogP contribution is -2.53. The molecular weight excluding hydrogens is 404 g/mol. The molecule has 0 radical (unpaired) electrons. The van der Waals surface area contributed by atoms with Gasteiger partial charge in [-0.15, -0.1) is 11.3 Å². The molecule has 1 N–H and O–H groups in total. The molecule has 2 rings (SSSR count). The summed E-state index contributed by atoms with van der Waals surface area (Å²) < 4.78 is 1.90. The molecule has 1 aromatic rings. The maximum absolute atomic E-state index is 12.3. The van der Waals surface area contributed by atoms with Crippen LogP contribution in [0.4, 0.5) is 0 Å². The third-order valence-corrected chi connectivity index (χ3v) is 7.43. The number of hydrogen-bond acceptors (Lipinski definition) is 3. The number of nitrogens with zero attached hydrogens (tertiary/aromatic N) is 1. The average molecular weight is 424 g/mol. The fraction of sp³-hybridized carbons (Fsp3) is 0.643. The number of likely N-dealkylation sites (N-methyl/N-ethyl adjacent to an activating group) is 1. The Kier molecular flexibility index (Phi) is 5.68. The third-order valence-electron chi connectivity index (χ3n) is 4.18. The third kappa shape index (κ3) is 3.64. The Hall–Kier alpha value is 0.0900. The van der Waals surface area contributed by atoms with E-state index in [-0.39, 0.29) is 11.4 Å². The lowest BCUT2D eigenvalue weighted by molar-refractivity contribution is 0.0802. The predicted octanol–water partition coefficient (Wildman–Crippen LogP) is 4.27. The van der Waals surface area contributed by atoms with E-state index >= 15 is 0 Å². The van der Waals surface area contributed by atoms with Crippen LogP contribution in [0.15, 0.2) is 14.3 Å². The first-order valence-corrected chi connectivity index (χ1v) is 9.25. The Balaban J connectivity index is 2.00. The van der Waals surface area contributed by atoms with Crippen molar-refractivity contribution in [3.8, 4) is 0 Å². The van der Waals surface area contributed by atoms with Crippen molar-refractivity contribution in [2.45, 2.75) is 37.6 Å². The molecule has 1 fully saturated rings. The van der Waals surface area contributed by atoms with Crippen LogP contribution in [0.2, 0.25) is 0 Å². The van der Waals surface area contributed by atoms with Gasteiger partial charge in [0.05, 0.1) is 8.66 Å². The van der Waals surface area contributed by atoms with Crippen LogP contribution < -0.4 is 5.32 Å². The molecule has 0 aromatic carbocycles. The first-order valence-electron chi connectivity index (χ1n) is 6.85. The highest BCUT2D eigenvalue weighted by molar-refractivity contribution is 9.13. The molecule has 1 aliphatic rings. The molecule has 20 heavy (non-hydrogen) atoms. The lowest BCUT2D eigenvalue weighted by atomic mass is 9.80. The minimum atomic E-state index is 0.0215. The molecule has 112 valence electrons. The zero-order chi connectivity index (χ0) is 14.8. The van der Waals surface area contributed by atoms with E-state index in [0.29, 0.717) is 0 Å². The van der Waals surface area contributed by atoms with Crippen molar-refractivity contribution in [3.63, 3.8) is 0 Å². The van der Waals surface area contributed by atoms with Gasteiger partial charge in [-0.1, -0.05) is 19.3 Å². The van der Waals surface area contributed by atoms with Gasteiger partial charge < -0.3 is 10.2 Å². The van der Waals surface area contributed by atoms with Crippen LogP contribution in [0.3, 0.4) is 0 Å². The van der Waals surface area contributed by atoms with Gasteiger partial charge in [-0.25, -0.2) is 0 Å². The molecule has 0 atom stereocenters. The van der Waals surface area contributed by atoms with Gasteiger partial charge in [-0.2, -0.15) is 0 Å². The second kappa shape index (κ2) is 6.90. The van der Waals surface area contributed by atoms with Crippen LogP contribution in [0.25, 0.3) is 0 Å². The van der Waals surface area contributed by atoms with Crippen LogP contribution >= 0.6 is 43.2 Å². The van der Waals surface area contributed by atoms with Crippen molar-refractivity contribution in [3.05, 3.63) is 19.2 Å². The molecule has 1 saturated carbocycles. The molecule has 1 amide bonds. The highest BCUT2D eigenvalue weighted by Gasteiger charge is 2.34. The molecule has 1 heterocycles.